The van der Waals surface area contributed by atoms with Gasteiger partial charge in [0, 0.05) is 0 Å². The summed E-state index contributed by atoms with van der Waals surface area (Å²) in [5, 5.41) is 6.71. The van der Waals surface area contributed by atoms with Gasteiger partial charge in [-0.2, -0.15) is 0 Å². The fraction of sp³-hybridized carbons (Fsp3) is 0.500. The molecule has 0 saturated heterocycles. The Hall–Kier alpha value is -1.06. The predicted molar refractivity (Wildman–Crippen MR) is 31.0 cm³/mol. The molecule has 0 bridgehead atoms. The molecule has 0 unspecified atom stereocenters. The molecule has 0 aromatic rings. The smallest absolute Gasteiger partial charge is 0.106 e. The van der Waals surface area contributed by atoms with Crippen LogP contribution in [0.15, 0.2) is 10.3 Å². The molecule has 0 atom stereocenters. The van der Waals surface area contributed by atoms with Gasteiger partial charge in [0.15, 0.2) is 0 Å². The number of hydrogen-bond donors (Lipinski definition) is 0. The maximum absolute atomic E-state index is 4.31. The standard InChI is InChI=1S/C4H8N2O2/c1-7-5-3-4-6-8-2/h3-4H,1-2H3. The van der Waals surface area contributed by atoms with E-state index in [1.165, 1.54) is 26.6 Å². The third-order valence-electron chi connectivity index (χ3n) is 0.399. The molecule has 0 heterocycles. The summed E-state index contributed by atoms with van der Waals surface area (Å²) < 4.78 is 0. The zero-order valence-corrected chi connectivity index (χ0v) is 4.87. The molecule has 0 fully saturated rings. The van der Waals surface area contributed by atoms with Gasteiger partial charge in [-0.25, -0.2) is 0 Å². The molecule has 46 valence electrons. The van der Waals surface area contributed by atoms with E-state index in [9.17, 15) is 0 Å². The predicted octanol–water partition coefficient (Wildman–Crippen LogP) is 0.251. The van der Waals surface area contributed by atoms with E-state index in [-0.39, 0.29) is 0 Å². The fourth-order valence-electron chi connectivity index (χ4n) is 0.176. The van der Waals surface area contributed by atoms with Crippen molar-refractivity contribution in [1.82, 2.24) is 0 Å². The molecule has 0 rings (SSSR count). The van der Waals surface area contributed by atoms with Crippen LogP contribution in [0.5, 0.6) is 0 Å². The van der Waals surface area contributed by atoms with Crippen molar-refractivity contribution < 1.29 is 9.68 Å². The summed E-state index contributed by atoms with van der Waals surface area (Å²) in [6.07, 6.45) is 2.76. The average molecular weight is 116 g/mol. The van der Waals surface area contributed by atoms with Crippen LogP contribution in [-0.2, 0) is 9.68 Å². The highest BCUT2D eigenvalue weighted by atomic mass is 16.6. The maximum Gasteiger partial charge on any atom is 0.106 e. The van der Waals surface area contributed by atoms with Gasteiger partial charge < -0.3 is 9.68 Å². The van der Waals surface area contributed by atoms with Gasteiger partial charge in [-0.05, 0) is 0 Å². The molecule has 0 aromatic heterocycles. The number of rotatable bonds is 3. The molecule has 0 spiro atoms. The first-order valence-electron chi connectivity index (χ1n) is 2.03. The second-order valence-electron chi connectivity index (χ2n) is 0.874. The fourth-order valence-corrected chi connectivity index (χ4v) is 0.176. The van der Waals surface area contributed by atoms with Gasteiger partial charge in [0.2, 0.25) is 0 Å². The quantitative estimate of drug-likeness (QED) is 0.392. The Morgan fingerprint density at radius 2 is 1.38 bits per heavy atom. The summed E-state index contributed by atoms with van der Waals surface area (Å²) >= 11 is 0. The summed E-state index contributed by atoms with van der Waals surface area (Å²) in [7, 11) is 2.91. The lowest BCUT2D eigenvalue weighted by Crippen LogP contribution is -1.77. The van der Waals surface area contributed by atoms with E-state index in [2.05, 4.69) is 20.0 Å². The molecule has 0 aliphatic heterocycles. The highest BCUT2D eigenvalue weighted by molar-refractivity contribution is 6.15. The van der Waals surface area contributed by atoms with Crippen LogP contribution in [0, 0.1) is 0 Å². The SMILES string of the molecule is CON=CC=NOC. The van der Waals surface area contributed by atoms with Crippen LogP contribution in [0.3, 0.4) is 0 Å². The first kappa shape index (κ1) is 6.94. The van der Waals surface area contributed by atoms with Crippen LogP contribution >= 0.6 is 0 Å². The molecule has 0 aliphatic rings. The van der Waals surface area contributed by atoms with E-state index in [0.717, 1.165) is 0 Å². The van der Waals surface area contributed by atoms with Crippen LogP contribution in [0.4, 0.5) is 0 Å². The first-order valence-corrected chi connectivity index (χ1v) is 2.03. The summed E-state index contributed by atoms with van der Waals surface area (Å²) in [5.41, 5.74) is 0. The topological polar surface area (TPSA) is 43.2 Å². The minimum absolute atomic E-state index is 1.38. The summed E-state index contributed by atoms with van der Waals surface area (Å²) in [6.45, 7) is 0. The molecular weight excluding hydrogens is 108 g/mol. The molecule has 0 aromatic carbocycles. The Bertz CT molecular complexity index is 78.0. The second kappa shape index (κ2) is 5.94. The van der Waals surface area contributed by atoms with E-state index in [1.807, 2.05) is 0 Å². The third kappa shape index (κ3) is 4.94. The summed E-state index contributed by atoms with van der Waals surface area (Å²) in [4.78, 5) is 8.62. The van der Waals surface area contributed by atoms with Gasteiger partial charge in [-0.3, -0.25) is 0 Å². The van der Waals surface area contributed by atoms with Gasteiger partial charge in [-0.15, -0.1) is 0 Å². The number of oxime groups is 2. The zero-order chi connectivity index (χ0) is 6.24. The minimum Gasteiger partial charge on any atom is -0.399 e. The lowest BCUT2D eigenvalue weighted by atomic mass is 10.8. The Morgan fingerprint density at radius 1 is 1.00 bits per heavy atom. The van der Waals surface area contributed by atoms with Crippen molar-refractivity contribution >= 4 is 12.4 Å². The normalized spacial score (nSPS) is 10.8. The van der Waals surface area contributed by atoms with Crippen LogP contribution in [0.2, 0.25) is 0 Å². The van der Waals surface area contributed by atoms with E-state index in [4.69, 9.17) is 0 Å². The average Bonchev–Trinajstić information content (AvgIpc) is 1.81. The van der Waals surface area contributed by atoms with Crippen molar-refractivity contribution in [3.05, 3.63) is 0 Å². The molecule has 4 heteroatoms. The highest BCUT2D eigenvalue weighted by Crippen LogP contribution is 1.62. The Morgan fingerprint density at radius 3 is 1.62 bits per heavy atom. The van der Waals surface area contributed by atoms with E-state index < -0.39 is 0 Å². The first-order chi connectivity index (χ1) is 3.91. The molecule has 0 radical (unpaired) electrons. The van der Waals surface area contributed by atoms with Crippen molar-refractivity contribution in [2.75, 3.05) is 14.2 Å². The molecule has 4 nitrogen and oxygen atoms in total. The van der Waals surface area contributed by atoms with Crippen LogP contribution in [0.25, 0.3) is 0 Å². The second-order valence-corrected chi connectivity index (χ2v) is 0.874. The van der Waals surface area contributed by atoms with Gasteiger partial charge in [-0.1, -0.05) is 10.3 Å². The Balaban J connectivity index is 3.13. The lowest BCUT2D eigenvalue weighted by Gasteiger charge is -1.80. The highest BCUT2D eigenvalue weighted by Gasteiger charge is 1.61. The monoisotopic (exact) mass is 116 g/mol. The number of nitrogens with zero attached hydrogens (tertiary/aromatic N) is 2. The molecule has 0 amide bonds. The summed E-state index contributed by atoms with van der Waals surface area (Å²) in [5.74, 6) is 0. The van der Waals surface area contributed by atoms with Crippen molar-refractivity contribution in [3.8, 4) is 0 Å². The summed E-state index contributed by atoms with van der Waals surface area (Å²) in [6, 6.07) is 0. The maximum atomic E-state index is 4.31. The van der Waals surface area contributed by atoms with E-state index in [0.29, 0.717) is 0 Å². The largest absolute Gasteiger partial charge is 0.399 e. The van der Waals surface area contributed by atoms with Crippen molar-refractivity contribution in [1.29, 1.82) is 0 Å². The van der Waals surface area contributed by atoms with Crippen molar-refractivity contribution in [2.45, 2.75) is 0 Å². The van der Waals surface area contributed by atoms with Crippen molar-refractivity contribution in [3.63, 3.8) is 0 Å². The third-order valence-corrected chi connectivity index (χ3v) is 0.399. The van der Waals surface area contributed by atoms with E-state index >= 15 is 0 Å². The van der Waals surface area contributed by atoms with Crippen LogP contribution in [-0.4, -0.2) is 26.6 Å². The zero-order valence-electron chi connectivity index (χ0n) is 4.87. The van der Waals surface area contributed by atoms with Crippen LogP contribution in [0.1, 0.15) is 0 Å². The minimum atomic E-state index is 1.38. The van der Waals surface area contributed by atoms with Crippen molar-refractivity contribution in [2.24, 2.45) is 10.3 Å². The van der Waals surface area contributed by atoms with Crippen LogP contribution < -0.4 is 0 Å². The molecule has 0 saturated carbocycles. The Kier molecular flexibility index (Phi) is 5.15. The molecule has 0 aliphatic carbocycles. The lowest BCUT2D eigenvalue weighted by molar-refractivity contribution is 0.212. The van der Waals surface area contributed by atoms with E-state index in [1.54, 1.807) is 0 Å². The molecular formula is C4H8N2O2. The number of hydrogen-bond acceptors (Lipinski definition) is 4. The van der Waals surface area contributed by atoms with Gasteiger partial charge in [0.1, 0.15) is 14.2 Å². The van der Waals surface area contributed by atoms with Gasteiger partial charge in [0.05, 0.1) is 12.4 Å². The van der Waals surface area contributed by atoms with Gasteiger partial charge in [0.25, 0.3) is 0 Å². The Labute approximate surface area is 47.8 Å². The van der Waals surface area contributed by atoms with Gasteiger partial charge >= 0.3 is 0 Å². The molecule has 8 heavy (non-hydrogen) atoms. The molecule has 0 N–H and O–H groups in total.